The van der Waals surface area contributed by atoms with Crippen LogP contribution in [0.15, 0.2) is 12.4 Å². The molecule has 1 saturated carbocycles. The third-order valence-electron chi connectivity index (χ3n) is 6.22. The fourth-order valence-electron chi connectivity index (χ4n) is 4.68. The number of nitrogens with zero attached hydrogens (tertiary/aromatic N) is 5. The highest BCUT2D eigenvalue weighted by Crippen LogP contribution is 2.27. The molecule has 1 unspecified atom stereocenters. The van der Waals surface area contributed by atoms with Gasteiger partial charge >= 0.3 is 0 Å². The highest BCUT2D eigenvalue weighted by molar-refractivity contribution is 5.82. The topological polar surface area (TPSA) is 52.6 Å². The van der Waals surface area contributed by atoms with Crippen LogP contribution in [0, 0.1) is 11.8 Å². The first kappa shape index (κ1) is 17.6. The van der Waals surface area contributed by atoms with E-state index >= 15 is 0 Å². The lowest BCUT2D eigenvalue weighted by molar-refractivity contribution is -0.131. The number of amides is 1. The lowest BCUT2D eigenvalue weighted by atomic mass is 10.0. The molecule has 0 radical (unpaired) electrons. The molecule has 0 bridgehead atoms. The normalized spacial score (nSPS) is 25.2. The molecule has 3 aliphatic rings. The second-order valence-corrected chi connectivity index (χ2v) is 8.34. The maximum atomic E-state index is 12.6. The van der Waals surface area contributed by atoms with Gasteiger partial charge in [-0.25, -0.2) is 9.97 Å². The second-order valence-electron chi connectivity index (χ2n) is 8.34. The van der Waals surface area contributed by atoms with E-state index in [4.69, 9.17) is 0 Å². The number of hydrogen-bond donors (Lipinski definition) is 0. The summed E-state index contributed by atoms with van der Waals surface area (Å²) in [4.78, 5) is 28.1. The van der Waals surface area contributed by atoms with Gasteiger partial charge in [-0.3, -0.25) is 4.79 Å². The van der Waals surface area contributed by atoms with Gasteiger partial charge in [-0.05, 0) is 37.5 Å². The fraction of sp³-hybridized carbons (Fsp3) is 0.750. The van der Waals surface area contributed by atoms with E-state index in [2.05, 4.69) is 37.7 Å². The third kappa shape index (κ3) is 3.94. The summed E-state index contributed by atoms with van der Waals surface area (Å²) in [5.41, 5.74) is 0. The monoisotopic (exact) mass is 357 g/mol. The third-order valence-corrected chi connectivity index (χ3v) is 6.22. The average Bonchev–Trinajstić information content (AvgIpc) is 3.17. The van der Waals surface area contributed by atoms with Crippen molar-refractivity contribution in [2.45, 2.75) is 45.4 Å². The average molecular weight is 358 g/mol. The molecule has 0 N–H and O–H groups in total. The van der Waals surface area contributed by atoms with Crippen LogP contribution in [0.1, 0.15) is 45.4 Å². The predicted octanol–water partition coefficient (Wildman–Crippen LogP) is 2.55. The largest absolute Gasteiger partial charge is 0.356 e. The molecule has 1 aromatic rings. The number of piperidine rings is 1. The maximum Gasteiger partial charge on any atom is 0.242 e. The van der Waals surface area contributed by atoms with E-state index in [9.17, 15) is 4.79 Å². The molecule has 3 fully saturated rings. The first-order chi connectivity index (χ1) is 12.7. The van der Waals surface area contributed by atoms with Gasteiger partial charge < -0.3 is 14.7 Å². The quantitative estimate of drug-likeness (QED) is 0.829. The Labute approximate surface area is 156 Å². The Kier molecular flexibility index (Phi) is 5.27. The molecule has 1 aliphatic carbocycles. The molecule has 1 atom stereocenters. The molecule has 0 spiro atoms. The number of anilines is 2. The number of hydrogen-bond acceptors (Lipinski definition) is 5. The van der Waals surface area contributed by atoms with E-state index in [1.807, 2.05) is 0 Å². The molecule has 26 heavy (non-hydrogen) atoms. The molecule has 6 heteroatoms. The second kappa shape index (κ2) is 7.80. The van der Waals surface area contributed by atoms with Crippen LogP contribution in [-0.4, -0.2) is 60.0 Å². The minimum absolute atomic E-state index is 0.245. The van der Waals surface area contributed by atoms with Gasteiger partial charge in [0.1, 0.15) is 18.0 Å². The fourth-order valence-corrected chi connectivity index (χ4v) is 4.68. The van der Waals surface area contributed by atoms with Gasteiger partial charge in [0, 0.05) is 38.8 Å². The van der Waals surface area contributed by atoms with E-state index in [1.165, 1.54) is 38.5 Å². The van der Waals surface area contributed by atoms with Crippen molar-refractivity contribution in [3.8, 4) is 0 Å². The predicted molar refractivity (Wildman–Crippen MR) is 103 cm³/mol. The molecule has 2 saturated heterocycles. The number of aromatic nitrogens is 2. The standard InChI is InChI=1S/C20H31N5O/c1-16-5-4-8-23(12-16)18-11-19(22-15-21-18)24-9-10-25(20(26)14-24)13-17-6-2-3-7-17/h11,15-17H,2-10,12-14H2,1H3. The van der Waals surface area contributed by atoms with E-state index in [0.717, 1.165) is 50.3 Å². The van der Waals surface area contributed by atoms with Crippen LogP contribution >= 0.6 is 0 Å². The Morgan fingerprint density at radius 1 is 1.00 bits per heavy atom. The molecule has 142 valence electrons. The first-order valence-electron chi connectivity index (χ1n) is 10.3. The van der Waals surface area contributed by atoms with E-state index in [-0.39, 0.29) is 5.91 Å². The summed E-state index contributed by atoms with van der Waals surface area (Å²) in [6, 6.07) is 2.07. The van der Waals surface area contributed by atoms with Gasteiger partial charge in [-0.15, -0.1) is 0 Å². The zero-order valence-electron chi connectivity index (χ0n) is 15.9. The molecule has 4 rings (SSSR count). The van der Waals surface area contributed by atoms with Crippen LogP contribution in [-0.2, 0) is 4.79 Å². The summed E-state index contributed by atoms with van der Waals surface area (Å²) >= 11 is 0. The highest BCUT2D eigenvalue weighted by Gasteiger charge is 2.28. The summed E-state index contributed by atoms with van der Waals surface area (Å²) in [7, 11) is 0. The zero-order valence-corrected chi connectivity index (χ0v) is 15.9. The smallest absolute Gasteiger partial charge is 0.242 e. The minimum atomic E-state index is 0.245. The van der Waals surface area contributed by atoms with Crippen molar-refractivity contribution in [3.63, 3.8) is 0 Å². The highest BCUT2D eigenvalue weighted by atomic mass is 16.2. The van der Waals surface area contributed by atoms with Crippen molar-refractivity contribution in [1.29, 1.82) is 0 Å². The van der Waals surface area contributed by atoms with Gasteiger partial charge in [0.2, 0.25) is 5.91 Å². The summed E-state index contributed by atoms with van der Waals surface area (Å²) < 4.78 is 0. The molecule has 6 nitrogen and oxygen atoms in total. The zero-order chi connectivity index (χ0) is 17.9. The lowest BCUT2D eigenvalue weighted by Crippen LogP contribution is -2.51. The number of carbonyl (C=O) groups is 1. The van der Waals surface area contributed by atoms with Gasteiger partial charge in [0.25, 0.3) is 0 Å². The Bertz CT molecular complexity index is 630. The number of rotatable bonds is 4. The maximum absolute atomic E-state index is 12.6. The molecular formula is C20H31N5O. The van der Waals surface area contributed by atoms with Gasteiger partial charge in [-0.1, -0.05) is 19.8 Å². The molecule has 3 heterocycles. The van der Waals surface area contributed by atoms with Crippen molar-refractivity contribution < 1.29 is 4.79 Å². The van der Waals surface area contributed by atoms with E-state index < -0.39 is 0 Å². The Hall–Kier alpha value is -1.85. The van der Waals surface area contributed by atoms with Crippen molar-refractivity contribution in [2.75, 3.05) is 49.1 Å². The molecule has 2 aliphatic heterocycles. The van der Waals surface area contributed by atoms with Gasteiger partial charge in [-0.2, -0.15) is 0 Å². The van der Waals surface area contributed by atoms with Gasteiger partial charge in [0.05, 0.1) is 6.54 Å². The first-order valence-corrected chi connectivity index (χ1v) is 10.3. The van der Waals surface area contributed by atoms with Crippen LogP contribution in [0.5, 0.6) is 0 Å². The SMILES string of the molecule is CC1CCCN(c2cc(N3CCN(CC4CCCC4)C(=O)C3)ncn2)C1. The van der Waals surface area contributed by atoms with Gasteiger partial charge in [0.15, 0.2) is 0 Å². The Morgan fingerprint density at radius 3 is 2.50 bits per heavy atom. The number of piperazine rings is 1. The molecule has 1 amide bonds. The molecule has 1 aromatic heterocycles. The number of carbonyl (C=O) groups excluding carboxylic acids is 1. The van der Waals surface area contributed by atoms with Crippen LogP contribution < -0.4 is 9.80 Å². The van der Waals surface area contributed by atoms with Crippen LogP contribution in [0.25, 0.3) is 0 Å². The summed E-state index contributed by atoms with van der Waals surface area (Å²) in [6.07, 6.45) is 9.41. The van der Waals surface area contributed by atoms with Crippen molar-refractivity contribution >= 4 is 17.5 Å². The Morgan fingerprint density at radius 2 is 1.77 bits per heavy atom. The van der Waals surface area contributed by atoms with Crippen LogP contribution in [0.3, 0.4) is 0 Å². The minimum Gasteiger partial charge on any atom is -0.356 e. The summed E-state index contributed by atoms with van der Waals surface area (Å²) in [6.45, 7) is 7.50. The van der Waals surface area contributed by atoms with Crippen molar-refractivity contribution in [1.82, 2.24) is 14.9 Å². The Balaban J connectivity index is 1.39. The van der Waals surface area contributed by atoms with Crippen LogP contribution in [0.4, 0.5) is 11.6 Å². The van der Waals surface area contributed by atoms with Crippen LogP contribution in [0.2, 0.25) is 0 Å². The van der Waals surface area contributed by atoms with Crippen molar-refractivity contribution in [3.05, 3.63) is 12.4 Å². The molecular weight excluding hydrogens is 326 g/mol. The lowest BCUT2D eigenvalue weighted by Gasteiger charge is -2.37. The molecule has 0 aromatic carbocycles. The van der Waals surface area contributed by atoms with E-state index in [1.54, 1.807) is 6.33 Å². The van der Waals surface area contributed by atoms with Crippen molar-refractivity contribution in [2.24, 2.45) is 11.8 Å². The summed E-state index contributed by atoms with van der Waals surface area (Å²) in [5.74, 6) is 3.57. The summed E-state index contributed by atoms with van der Waals surface area (Å²) in [5, 5.41) is 0. The van der Waals surface area contributed by atoms with E-state index in [0.29, 0.717) is 12.5 Å².